The first-order chi connectivity index (χ1) is 42.5. The molecular formula is C63H98N12O13S. The number of methoxy groups -OCH3 is 2. The summed E-state index contributed by atoms with van der Waals surface area (Å²) in [6.45, 7) is 13.2. The van der Waals surface area contributed by atoms with Gasteiger partial charge in [0.15, 0.2) is 0 Å². The van der Waals surface area contributed by atoms with Crippen LogP contribution in [0.2, 0.25) is 0 Å². The molecule has 10 atom stereocenters. The van der Waals surface area contributed by atoms with Crippen molar-refractivity contribution in [2.24, 2.45) is 35.3 Å². The molecule has 494 valence electrons. The zero-order valence-corrected chi connectivity index (χ0v) is 54.6. The van der Waals surface area contributed by atoms with Crippen LogP contribution in [0.4, 0.5) is 15.3 Å². The molecule has 10 N–H and O–H groups in total. The minimum absolute atomic E-state index is 0.0607. The van der Waals surface area contributed by atoms with Crippen LogP contribution in [-0.4, -0.2) is 170 Å². The molecule has 0 spiro atoms. The summed E-state index contributed by atoms with van der Waals surface area (Å²) in [6.07, 6.45) is 4.59. The Hall–Kier alpha value is -7.26. The fourth-order valence-corrected chi connectivity index (χ4v) is 11.8. The molecule has 89 heavy (non-hydrogen) atoms. The predicted octanol–water partition coefficient (Wildman–Crippen LogP) is 5.34. The van der Waals surface area contributed by atoms with E-state index in [-0.39, 0.29) is 74.4 Å². The number of benzene rings is 2. The van der Waals surface area contributed by atoms with E-state index in [9.17, 15) is 43.2 Å². The largest absolute Gasteiger partial charge is 0.445 e. The number of nitrogens with zero attached hydrogens (tertiary/aromatic N) is 4. The second-order valence-electron chi connectivity index (χ2n) is 23.5. The van der Waals surface area contributed by atoms with Crippen molar-refractivity contribution in [3.63, 3.8) is 0 Å². The number of anilines is 1. The first-order valence-electron chi connectivity index (χ1n) is 30.8. The van der Waals surface area contributed by atoms with E-state index < -0.39 is 96.6 Å². The van der Waals surface area contributed by atoms with Gasteiger partial charge in [-0.3, -0.25) is 38.5 Å². The van der Waals surface area contributed by atoms with Crippen LogP contribution in [0.3, 0.4) is 0 Å². The molecule has 2 aromatic carbocycles. The molecule has 1 fully saturated rings. The first-order valence-corrected chi connectivity index (χ1v) is 31.7. The highest BCUT2D eigenvalue weighted by atomic mass is 32.1. The van der Waals surface area contributed by atoms with E-state index in [0.29, 0.717) is 69.3 Å². The number of aromatic nitrogens is 1. The number of primary amides is 1. The van der Waals surface area contributed by atoms with Gasteiger partial charge in [0.2, 0.25) is 41.4 Å². The maximum absolute atomic E-state index is 14.4. The molecule has 3 aromatic rings. The van der Waals surface area contributed by atoms with Crippen LogP contribution in [0.15, 0.2) is 66.2 Å². The number of nitrogens with one attached hydrogen (secondary N) is 6. The Kier molecular flexibility index (Phi) is 32.0. The number of amides is 10. The van der Waals surface area contributed by atoms with Gasteiger partial charge in [-0.15, -0.1) is 11.3 Å². The number of hydrogen-bond acceptors (Lipinski definition) is 16. The van der Waals surface area contributed by atoms with E-state index in [1.54, 1.807) is 77.2 Å². The first kappa shape index (κ1) is 74.2. The zero-order chi connectivity index (χ0) is 65.7. The molecule has 1 aliphatic rings. The van der Waals surface area contributed by atoms with Crippen molar-refractivity contribution in [1.82, 2.24) is 46.3 Å². The van der Waals surface area contributed by atoms with E-state index in [1.807, 2.05) is 56.5 Å². The van der Waals surface area contributed by atoms with Gasteiger partial charge >= 0.3 is 12.1 Å². The second-order valence-corrected chi connectivity index (χ2v) is 24.4. The molecule has 10 amide bonds. The number of unbranched alkanes of at least 4 members (excludes halogenated alkanes) is 2. The summed E-state index contributed by atoms with van der Waals surface area (Å²) in [6, 6.07) is 11.2. The van der Waals surface area contributed by atoms with Gasteiger partial charge in [0, 0.05) is 65.1 Å². The van der Waals surface area contributed by atoms with Gasteiger partial charge in [-0.1, -0.05) is 104 Å². The number of thiazole rings is 1. The number of hydrogen-bond donors (Lipinski definition) is 8. The summed E-state index contributed by atoms with van der Waals surface area (Å²) < 4.78 is 17.7. The molecule has 0 saturated carbocycles. The van der Waals surface area contributed by atoms with Crippen molar-refractivity contribution in [1.29, 1.82) is 0 Å². The number of likely N-dealkylation sites (N-methyl/N-ethyl adjacent to an activating group) is 2. The highest BCUT2D eigenvalue weighted by Crippen LogP contribution is 2.31. The molecule has 25 nitrogen and oxygen atoms in total. The van der Waals surface area contributed by atoms with E-state index in [4.69, 9.17) is 25.8 Å². The lowest BCUT2D eigenvalue weighted by Gasteiger charge is -2.39. The van der Waals surface area contributed by atoms with Crippen LogP contribution in [0, 0.1) is 23.7 Å². The third-order valence-corrected chi connectivity index (χ3v) is 17.2. The van der Waals surface area contributed by atoms with E-state index >= 15 is 0 Å². The number of rotatable bonds is 38. The summed E-state index contributed by atoms with van der Waals surface area (Å²) >= 11 is 1.47. The maximum Gasteiger partial charge on any atom is 0.410 e. The molecule has 0 aliphatic carbocycles. The van der Waals surface area contributed by atoms with Crippen LogP contribution in [-0.2, 0) is 65.6 Å². The lowest BCUT2D eigenvalue weighted by atomic mass is 9.90. The smallest absolute Gasteiger partial charge is 0.410 e. The molecule has 2 heterocycles. The van der Waals surface area contributed by atoms with Crippen LogP contribution in [0.5, 0.6) is 0 Å². The minimum atomic E-state index is -1.07. The van der Waals surface area contributed by atoms with Crippen molar-refractivity contribution >= 4 is 70.5 Å². The number of carbonyl (C=O) groups is 9. The van der Waals surface area contributed by atoms with Crippen LogP contribution >= 0.6 is 11.3 Å². The molecule has 1 saturated heterocycles. The number of nitrogens with two attached hydrogens (primary N) is 2. The summed E-state index contributed by atoms with van der Waals surface area (Å²) in [7, 11) is 6.11. The number of ether oxygens (including phenoxy) is 3. The number of urea groups is 1. The SMILES string of the molecule is CC[C@H](C)[C@@H]([C@@H](CC(=O)N1CCC[C@H]1[C@H](OC)[C@@H](C)C(=O)N[C@@H](Cc1ccccc1)c1nccs1)OC)N(C)C(=O)CNC(=O)[C@H](C(C)C)N(C)C(=O)OCc1ccc(NC(=O)[C@H](CCCNC(N)=O)NC(=O)[C@@H](NC(=O)CCCCCON)C(C)C)cc1. The normalized spacial score (nSPS) is 16.1. The van der Waals surface area contributed by atoms with Crippen LogP contribution < -0.4 is 43.5 Å². The Morgan fingerprint density at radius 2 is 1.49 bits per heavy atom. The Morgan fingerprint density at radius 3 is 2.10 bits per heavy atom. The number of likely N-dealkylation sites (tertiary alicyclic amines) is 1. The molecule has 1 aromatic heterocycles. The molecule has 4 rings (SSSR count). The van der Waals surface area contributed by atoms with Crippen molar-refractivity contribution in [2.75, 3.05) is 59.9 Å². The highest BCUT2D eigenvalue weighted by molar-refractivity contribution is 7.09. The van der Waals surface area contributed by atoms with Gasteiger partial charge in [-0.2, -0.15) is 0 Å². The van der Waals surface area contributed by atoms with E-state index in [0.717, 1.165) is 10.6 Å². The standard InChI is InChI=1S/C63H98N12O13S/c1-12-41(6)55(49(85-10)36-51(77)75-32-20-24-48(75)56(86-11)42(7)57(79)71-47(61-66-31-34-89-61)35-43-21-15-13-16-22-43)73(8)52(78)37-68-60(82)54(40(4)5)74(9)63(84)87-38-44-26-28-45(29-27-44)69-58(80)46(23-19-30-67-62(64)83)70-59(81)53(39(2)3)72-50(76)25-17-14-18-33-88-65/h13,15-16,21-22,26-29,31,34,39-42,46-49,53-56H,12,14,17-20,23-25,30,32-33,35-38,65H2,1-11H3,(H,68,82)(H,69,80)(H,70,81)(H,71,79)(H,72,76)(H3,64,67,83)/t41-,42+,46-,47-,48-,49+,53-,54-,55-,56+/m0/s1. The predicted molar refractivity (Wildman–Crippen MR) is 338 cm³/mol. The molecule has 0 radical (unpaired) electrons. The summed E-state index contributed by atoms with van der Waals surface area (Å²) in [4.78, 5) is 135. The Morgan fingerprint density at radius 1 is 0.787 bits per heavy atom. The topological polar surface area (TPSA) is 337 Å². The average molecular weight is 1260 g/mol. The van der Waals surface area contributed by atoms with Crippen molar-refractivity contribution in [3.8, 4) is 0 Å². The lowest BCUT2D eigenvalue weighted by molar-refractivity contribution is -0.146. The maximum atomic E-state index is 14.4. The van der Waals surface area contributed by atoms with Crippen LogP contribution in [0.1, 0.15) is 135 Å². The van der Waals surface area contributed by atoms with Gasteiger partial charge in [-0.25, -0.2) is 20.5 Å². The molecule has 26 heteroatoms. The Labute approximate surface area is 528 Å². The Bertz CT molecular complexity index is 2710. The van der Waals surface area contributed by atoms with Gasteiger partial charge < -0.3 is 66.5 Å². The molecule has 0 bridgehead atoms. The van der Waals surface area contributed by atoms with Crippen LogP contribution in [0.25, 0.3) is 0 Å². The molecule has 1 aliphatic heterocycles. The van der Waals surface area contributed by atoms with Gasteiger partial charge in [0.1, 0.15) is 29.7 Å². The van der Waals surface area contributed by atoms with Crippen molar-refractivity contribution < 1.29 is 62.2 Å². The van der Waals surface area contributed by atoms with Gasteiger partial charge in [0.05, 0.1) is 55.8 Å². The molecule has 0 unspecified atom stereocenters. The highest BCUT2D eigenvalue weighted by Gasteiger charge is 2.43. The van der Waals surface area contributed by atoms with E-state index in [1.165, 1.54) is 35.3 Å². The quantitative estimate of drug-likeness (QED) is 0.0265. The van der Waals surface area contributed by atoms with Gasteiger partial charge in [-0.05, 0) is 86.0 Å². The number of carbonyl (C=O) groups excluding carboxylic acids is 9. The summed E-state index contributed by atoms with van der Waals surface area (Å²) in [5.41, 5.74) is 7.19. The lowest BCUT2D eigenvalue weighted by Crippen LogP contribution is -2.55. The van der Waals surface area contributed by atoms with E-state index in [2.05, 4.69) is 41.7 Å². The average Bonchev–Trinajstić information content (AvgIpc) is 2.23. The fourth-order valence-electron chi connectivity index (χ4n) is 11.2. The fraction of sp³-hybridized carbons (Fsp3) is 0.619. The monoisotopic (exact) mass is 1260 g/mol. The van der Waals surface area contributed by atoms with Crippen molar-refractivity contribution in [3.05, 3.63) is 82.3 Å². The minimum Gasteiger partial charge on any atom is -0.445 e. The third kappa shape index (κ3) is 23.6. The summed E-state index contributed by atoms with van der Waals surface area (Å²) in [5, 5.41) is 19.4. The third-order valence-electron chi connectivity index (χ3n) is 16.3. The van der Waals surface area contributed by atoms with Crippen molar-refractivity contribution in [2.45, 2.75) is 174 Å². The Balaban J connectivity index is 1.34. The summed E-state index contributed by atoms with van der Waals surface area (Å²) in [5.74, 6) is 0.705. The second kappa shape index (κ2) is 38.3. The zero-order valence-electron chi connectivity index (χ0n) is 53.8. The molecular weight excluding hydrogens is 1160 g/mol. The van der Waals surface area contributed by atoms with Gasteiger partial charge in [0.25, 0.3) is 0 Å².